The number of rotatable bonds is 6. The van der Waals surface area contributed by atoms with Gasteiger partial charge in [0.15, 0.2) is 11.6 Å². The number of hydrogen-bond donors (Lipinski definition) is 1. The van der Waals surface area contributed by atoms with Crippen LogP contribution in [0.1, 0.15) is 19.4 Å². The van der Waals surface area contributed by atoms with Crippen molar-refractivity contribution in [3.05, 3.63) is 59.7 Å². The van der Waals surface area contributed by atoms with Crippen LogP contribution in [0.4, 0.5) is 20.2 Å². The molecular formula is C18H20F2N2O3S. The van der Waals surface area contributed by atoms with Gasteiger partial charge in [-0.3, -0.25) is 9.10 Å². The minimum absolute atomic E-state index is 0.0375. The molecule has 1 atom stereocenters. The minimum Gasteiger partial charge on any atom is -0.324 e. The molecule has 2 aromatic carbocycles. The van der Waals surface area contributed by atoms with E-state index in [1.807, 2.05) is 6.92 Å². The Bertz CT molecular complexity index is 899. The van der Waals surface area contributed by atoms with Gasteiger partial charge in [0.05, 0.1) is 11.9 Å². The Morgan fingerprint density at radius 1 is 1.12 bits per heavy atom. The van der Waals surface area contributed by atoms with Crippen molar-refractivity contribution in [2.45, 2.75) is 26.3 Å². The van der Waals surface area contributed by atoms with Crippen LogP contribution in [0.15, 0.2) is 42.5 Å². The number of sulfonamides is 1. The Balaban J connectivity index is 2.29. The largest absolute Gasteiger partial charge is 0.324 e. The number of hydrogen-bond acceptors (Lipinski definition) is 3. The van der Waals surface area contributed by atoms with Crippen LogP contribution in [0.25, 0.3) is 0 Å². The zero-order valence-electron chi connectivity index (χ0n) is 14.7. The number of nitrogens with one attached hydrogen (secondary N) is 1. The topological polar surface area (TPSA) is 66.5 Å². The third-order valence-electron chi connectivity index (χ3n) is 3.87. The molecule has 0 radical (unpaired) electrons. The monoisotopic (exact) mass is 382 g/mol. The first kappa shape index (κ1) is 19.8. The summed E-state index contributed by atoms with van der Waals surface area (Å²) in [5.41, 5.74) is 1.41. The summed E-state index contributed by atoms with van der Waals surface area (Å²) >= 11 is 0. The molecule has 0 aliphatic carbocycles. The van der Waals surface area contributed by atoms with E-state index in [1.165, 1.54) is 13.0 Å². The van der Waals surface area contributed by atoms with E-state index >= 15 is 0 Å². The highest BCUT2D eigenvalue weighted by Crippen LogP contribution is 2.23. The van der Waals surface area contributed by atoms with Crippen LogP contribution in [0.2, 0.25) is 0 Å². The molecule has 0 saturated heterocycles. The van der Waals surface area contributed by atoms with E-state index in [2.05, 4.69) is 5.32 Å². The number of amides is 1. The summed E-state index contributed by atoms with van der Waals surface area (Å²) < 4.78 is 51.7. The molecule has 0 heterocycles. The van der Waals surface area contributed by atoms with Gasteiger partial charge < -0.3 is 5.32 Å². The molecule has 26 heavy (non-hydrogen) atoms. The molecule has 1 amide bonds. The van der Waals surface area contributed by atoms with Crippen molar-refractivity contribution < 1.29 is 22.0 Å². The van der Waals surface area contributed by atoms with E-state index in [0.717, 1.165) is 34.7 Å². The Morgan fingerprint density at radius 2 is 1.73 bits per heavy atom. The maximum Gasteiger partial charge on any atom is 0.247 e. The van der Waals surface area contributed by atoms with Gasteiger partial charge in [-0.05, 0) is 43.2 Å². The average molecular weight is 382 g/mol. The smallest absolute Gasteiger partial charge is 0.247 e. The molecule has 0 fully saturated rings. The fourth-order valence-corrected chi connectivity index (χ4v) is 3.68. The Kier molecular flexibility index (Phi) is 5.97. The Morgan fingerprint density at radius 3 is 2.23 bits per heavy atom. The number of carbonyl (C=O) groups is 1. The molecular weight excluding hydrogens is 362 g/mol. The fourth-order valence-electron chi connectivity index (χ4n) is 2.51. The lowest BCUT2D eigenvalue weighted by atomic mass is 10.1. The first-order valence-corrected chi connectivity index (χ1v) is 9.82. The van der Waals surface area contributed by atoms with Crippen LogP contribution in [0.5, 0.6) is 0 Å². The zero-order valence-corrected chi connectivity index (χ0v) is 15.5. The second-order valence-electron chi connectivity index (χ2n) is 5.87. The summed E-state index contributed by atoms with van der Waals surface area (Å²) in [6.07, 6.45) is 1.80. The lowest BCUT2D eigenvalue weighted by Gasteiger charge is -2.28. The third-order valence-corrected chi connectivity index (χ3v) is 5.12. The third kappa shape index (κ3) is 4.57. The predicted molar refractivity (Wildman–Crippen MR) is 97.6 cm³/mol. The summed E-state index contributed by atoms with van der Waals surface area (Å²) in [6, 6.07) is 8.65. The van der Waals surface area contributed by atoms with E-state index in [4.69, 9.17) is 0 Å². The van der Waals surface area contributed by atoms with Crippen LogP contribution < -0.4 is 9.62 Å². The summed E-state index contributed by atoms with van der Waals surface area (Å²) in [5, 5.41) is 2.40. The van der Waals surface area contributed by atoms with Crippen LogP contribution in [-0.4, -0.2) is 26.6 Å². The lowest BCUT2D eigenvalue weighted by Crippen LogP contribution is -2.45. The molecule has 0 aliphatic rings. The molecule has 1 N–H and O–H groups in total. The highest BCUT2D eigenvalue weighted by Gasteiger charge is 2.29. The average Bonchev–Trinajstić information content (AvgIpc) is 2.57. The minimum atomic E-state index is -3.75. The van der Waals surface area contributed by atoms with Gasteiger partial charge in [-0.15, -0.1) is 0 Å². The number of aryl methyl sites for hydroxylation is 1. The van der Waals surface area contributed by atoms with E-state index in [1.54, 1.807) is 24.3 Å². The molecule has 0 unspecified atom stereocenters. The van der Waals surface area contributed by atoms with Crippen molar-refractivity contribution >= 4 is 27.3 Å². The maximum absolute atomic E-state index is 13.3. The molecule has 5 nitrogen and oxygen atoms in total. The van der Waals surface area contributed by atoms with Crippen molar-refractivity contribution in [1.29, 1.82) is 0 Å². The van der Waals surface area contributed by atoms with Gasteiger partial charge in [0, 0.05) is 11.8 Å². The number of halogens is 2. The molecule has 0 aliphatic heterocycles. The molecule has 0 aromatic heterocycles. The second-order valence-corrected chi connectivity index (χ2v) is 7.73. The van der Waals surface area contributed by atoms with Gasteiger partial charge >= 0.3 is 0 Å². The normalized spacial score (nSPS) is 12.5. The molecule has 0 saturated carbocycles. The Labute approximate surface area is 151 Å². The van der Waals surface area contributed by atoms with Crippen molar-refractivity contribution in [2.24, 2.45) is 0 Å². The second kappa shape index (κ2) is 7.82. The fraction of sp³-hybridized carbons (Fsp3) is 0.278. The predicted octanol–water partition coefficient (Wildman–Crippen LogP) is 3.32. The number of anilines is 2. The highest BCUT2D eigenvalue weighted by atomic mass is 32.2. The maximum atomic E-state index is 13.3. The van der Waals surface area contributed by atoms with Crippen molar-refractivity contribution in [2.75, 3.05) is 15.9 Å². The van der Waals surface area contributed by atoms with E-state index in [0.29, 0.717) is 5.69 Å². The number of benzene rings is 2. The van der Waals surface area contributed by atoms with Crippen molar-refractivity contribution in [3.8, 4) is 0 Å². The van der Waals surface area contributed by atoms with Gasteiger partial charge in [-0.1, -0.05) is 19.1 Å². The molecule has 8 heteroatoms. The summed E-state index contributed by atoms with van der Waals surface area (Å²) in [7, 11) is -3.75. The van der Waals surface area contributed by atoms with E-state index < -0.39 is 33.6 Å². The summed E-state index contributed by atoms with van der Waals surface area (Å²) in [4.78, 5) is 12.5. The van der Waals surface area contributed by atoms with E-state index in [-0.39, 0.29) is 5.69 Å². The van der Waals surface area contributed by atoms with E-state index in [9.17, 15) is 22.0 Å². The summed E-state index contributed by atoms with van der Waals surface area (Å²) in [6.45, 7) is 3.39. The van der Waals surface area contributed by atoms with Crippen LogP contribution in [-0.2, 0) is 21.2 Å². The Hall–Kier alpha value is -2.48. The van der Waals surface area contributed by atoms with Gasteiger partial charge in [0.25, 0.3) is 0 Å². The first-order valence-electron chi connectivity index (χ1n) is 7.97. The standard InChI is InChI=1S/C18H20F2N2O3S/c1-4-13-5-8-15(9-6-13)22(26(3,24)25)12(2)18(23)21-14-7-10-16(19)17(20)11-14/h5-12H,4H2,1-3H3,(H,21,23)/t12-/m0/s1. The first-order chi connectivity index (χ1) is 12.1. The highest BCUT2D eigenvalue weighted by molar-refractivity contribution is 7.92. The van der Waals surface area contributed by atoms with Gasteiger partial charge in [-0.2, -0.15) is 0 Å². The zero-order chi connectivity index (χ0) is 19.5. The SMILES string of the molecule is CCc1ccc(N([C@@H](C)C(=O)Nc2ccc(F)c(F)c2)S(C)(=O)=O)cc1. The molecule has 2 rings (SSSR count). The van der Waals surface area contributed by atoms with Crippen molar-refractivity contribution in [3.63, 3.8) is 0 Å². The molecule has 140 valence electrons. The molecule has 2 aromatic rings. The van der Waals surface area contributed by atoms with Gasteiger partial charge in [0.2, 0.25) is 15.9 Å². The van der Waals surface area contributed by atoms with Gasteiger partial charge in [-0.25, -0.2) is 17.2 Å². The van der Waals surface area contributed by atoms with Crippen molar-refractivity contribution in [1.82, 2.24) is 0 Å². The quantitative estimate of drug-likeness (QED) is 0.833. The number of carbonyl (C=O) groups excluding carboxylic acids is 1. The molecule has 0 bridgehead atoms. The van der Waals surface area contributed by atoms with Crippen LogP contribution >= 0.6 is 0 Å². The summed E-state index contributed by atoms with van der Waals surface area (Å²) in [5.74, 6) is -2.81. The van der Waals surface area contributed by atoms with Gasteiger partial charge in [0.1, 0.15) is 6.04 Å². The molecule has 0 spiro atoms. The lowest BCUT2D eigenvalue weighted by molar-refractivity contribution is -0.116. The number of nitrogens with zero attached hydrogens (tertiary/aromatic N) is 1. The van der Waals surface area contributed by atoms with Crippen LogP contribution in [0, 0.1) is 11.6 Å². The van der Waals surface area contributed by atoms with Crippen LogP contribution in [0.3, 0.4) is 0 Å².